The molecule has 0 radical (unpaired) electrons. The van der Waals surface area contributed by atoms with E-state index in [2.05, 4.69) is 0 Å². The molecule has 0 fully saturated rings. The van der Waals surface area contributed by atoms with Crippen LogP contribution in [0.3, 0.4) is 0 Å². The van der Waals surface area contributed by atoms with Crippen LogP contribution >= 0.6 is 0 Å². The minimum absolute atomic E-state index is 0.372. The second-order valence-electron chi connectivity index (χ2n) is 3.67. The zero-order valence-corrected chi connectivity index (χ0v) is 7.96. The Morgan fingerprint density at radius 2 is 1.27 bits per heavy atom. The molecule has 2 atom stereocenters. The van der Waals surface area contributed by atoms with Gasteiger partial charge in [0.05, 0.1) is 12.2 Å². The van der Waals surface area contributed by atoms with Crippen LogP contribution in [0, 0.1) is 5.41 Å². The molecule has 68 valence electrons. The first-order chi connectivity index (χ1) is 4.96. The highest BCUT2D eigenvalue weighted by atomic mass is 16.3. The third-order valence-electron chi connectivity index (χ3n) is 2.49. The molecule has 0 spiro atoms. The molecule has 2 N–H and O–H groups in total. The van der Waals surface area contributed by atoms with E-state index in [1.807, 2.05) is 27.7 Å². The predicted octanol–water partition coefficient (Wildman–Crippen LogP) is 1.55. The highest BCUT2D eigenvalue weighted by Crippen LogP contribution is 2.28. The molecule has 0 unspecified atom stereocenters. The third kappa shape index (κ3) is 2.46. The molecule has 0 saturated carbocycles. The molecule has 0 aliphatic rings. The van der Waals surface area contributed by atoms with E-state index in [0.29, 0.717) is 12.8 Å². The van der Waals surface area contributed by atoms with Gasteiger partial charge >= 0.3 is 0 Å². The van der Waals surface area contributed by atoms with E-state index in [1.165, 1.54) is 0 Å². The minimum Gasteiger partial charge on any atom is -0.392 e. The fourth-order valence-electron chi connectivity index (χ4n) is 1.27. The lowest BCUT2D eigenvalue weighted by Crippen LogP contribution is -2.39. The van der Waals surface area contributed by atoms with E-state index >= 15 is 0 Å². The fraction of sp³-hybridized carbons (Fsp3) is 1.00. The van der Waals surface area contributed by atoms with Gasteiger partial charge < -0.3 is 10.2 Å². The predicted molar refractivity (Wildman–Crippen MR) is 46.4 cm³/mol. The summed E-state index contributed by atoms with van der Waals surface area (Å²) in [4.78, 5) is 0. The van der Waals surface area contributed by atoms with Gasteiger partial charge in [-0.05, 0) is 12.8 Å². The van der Waals surface area contributed by atoms with Gasteiger partial charge in [0.15, 0.2) is 0 Å². The Hall–Kier alpha value is -0.0800. The molecule has 0 aromatic heterocycles. The van der Waals surface area contributed by atoms with Crippen LogP contribution in [0.1, 0.15) is 40.5 Å². The van der Waals surface area contributed by atoms with E-state index in [1.54, 1.807) is 0 Å². The SMILES string of the molecule is CC[C@@H](O)C(C)(C)[C@@H](O)CC. The molecule has 2 heteroatoms. The second kappa shape index (κ2) is 4.07. The standard InChI is InChI=1S/C9H20O2/c1-5-7(10)9(3,4)8(11)6-2/h7-8,10-11H,5-6H2,1-4H3/t7-,8+. The Balaban J connectivity index is 4.18. The molecule has 0 aromatic carbocycles. The van der Waals surface area contributed by atoms with Crippen molar-refractivity contribution in [1.82, 2.24) is 0 Å². The summed E-state index contributed by atoms with van der Waals surface area (Å²) in [6.45, 7) is 7.65. The zero-order valence-electron chi connectivity index (χ0n) is 7.96. The summed E-state index contributed by atoms with van der Waals surface area (Å²) < 4.78 is 0. The fourth-order valence-corrected chi connectivity index (χ4v) is 1.27. The van der Waals surface area contributed by atoms with Gasteiger partial charge in [0, 0.05) is 5.41 Å². The molecule has 0 rings (SSSR count). The monoisotopic (exact) mass is 160 g/mol. The maximum atomic E-state index is 9.53. The first kappa shape index (κ1) is 10.9. The lowest BCUT2D eigenvalue weighted by atomic mass is 9.78. The third-order valence-corrected chi connectivity index (χ3v) is 2.49. The van der Waals surface area contributed by atoms with E-state index in [4.69, 9.17) is 0 Å². The summed E-state index contributed by atoms with van der Waals surface area (Å²) >= 11 is 0. The molecule has 0 aromatic rings. The van der Waals surface area contributed by atoms with Crippen molar-refractivity contribution in [3.05, 3.63) is 0 Å². The number of hydrogen-bond donors (Lipinski definition) is 2. The van der Waals surface area contributed by atoms with Crippen molar-refractivity contribution in [3.63, 3.8) is 0 Å². The van der Waals surface area contributed by atoms with Crippen molar-refractivity contribution in [2.24, 2.45) is 5.41 Å². The minimum atomic E-state index is -0.405. The zero-order chi connectivity index (χ0) is 9.07. The van der Waals surface area contributed by atoms with Crippen LogP contribution in [0.15, 0.2) is 0 Å². The quantitative estimate of drug-likeness (QED) is 0.655. The Bertz CT molecular complexity index is 98.1. The van der Waals surface area contributed by atoms with Gasteiger partial charge in [-0.2, -0.15) is 0 Å². The Morgan fingerprint density at radius 3 is 1.45 bits per heavy atom. The number of hydrogen-bond acceptors (Lipinski definition) is 2. The largest absolute Gasteiger partial charge is 0.392 e. The van der Waals surface area contributed by atoms with Crippen LogP contribution in [-0.2, 0) is 0 Å². The lowest BCUT2D eigenvalue weighted by Gasteiger charge is -2.34. The number of aliphatic hydroxyl groups is 2. The Kier molecular flexibility index (Phi) is 4.04. The molecule has 11 heavy (non-hydrogen) atoms. The number of rotatable bonds is 4. The van der Waals surface area contributed by atoms with Gasteiger partial charge in [0.25, 0.3) is 0 Å². The van der Waals surface area contributed by atoms with Gasteiger partial charge in [0.1, 0.15) is 0 Å². The molecular formula is C9H20O2. The van der Waals surface area contributed by atoms with Crippen LogP contribution in [0.2, 0.25) is 0 Å². The molecule has 0 saturated heterocycles. The maximum Gasteiger partial charge on any atom is 0.0613 e. The molecular weight excluding hydrogens is 140 g/mol. The van der Waals surface area contributed by atoms with E-state index < -0.39 is 12.2 Å². The van der Waals surface area contributed by atoms with E-state index in [-0.39, 0.29) is 5.41 Å². The van der Waals surface area contributed by atoms with Crippen molar-refractivity contribution < 1.29 is 10.2 Å². The van der Waals surface area contributed by atoms with Crippen LogP contribution < -0.4 is 0 Å². The van der Waals surface area contributed by atoms with E-state index in [0.717, 1.165) is 0 Å². The first-order valence-corrected chi connectivity index (χ1v) is 4.32. The van der Waals surface area contributed by atoms with Crippen molar-refractivity contribution >= 4 is 0 Å². The van der Waals surface area contributed by atoms with Gasteiger partial charge in [-0.15, -0.1) is 0 Å². The van der Waals surface area contributed by atoms with Crippen molar-refractivity contribution in [1.29, 1.82) is 0 Å². The molecule has 0 amide bonds. The van der Waals surface area contributed by atoms with Crippen LogP contribution in [0.4, 0.5) is 0 Å². The summed E-state index contributed by atoms with van der Waals surface area (Å²) in [6, 6.07) is 0. The van der Waals surface area contributed by atoms with E-state index in [9.17, 15) is 10.2 Å². The van der Waals surface area contributed by atoms with Gasteiger partial charge in [-0.3, -0.25) is 0 Å². The molecule has 2 nitrogen and oxygen atoms in total. The highest BCUT2D eigenvalue weighted by Gasteiger charge is 2.32. The summed E-state index contributed by atoms with van der Waals surface area (Å²) in [5, 5.41) is 19.1. The van der Waals surface area contributed by atoms with Crippen molar-refractivity contribution in [2.75, 3.05) is 0 Å². The van der Waals surface area contributed by atoms with Crippen molar-refractivity contribution in [2.45, 2.75) is 52.7 Å². The molecule has 0 aliphatic heterocycles. The molecule has 0 aliphatic carbocycles. The second-order valence-corrected chi connectivity index (χ2v) is 3.67. The van der Waals surface area contributed by atoms with Crippen LogP contribution in [-0.4, -0.2) is 22.4 Å². The lowest BCUT2D eigenvalue weighted by molar-refractivity contribution is -0.0497. The van der Waals surface area contributed by atoms with Crippen LogP contribution in [0.5, 0.6) is 0 Å². The topological polar surface area (TPSA) is 40.5 Å². The molecule has 0 bridgehead atoms. The highest BCUT2D eigenvalue weighted by molar-refractivity contribution is 4.83. The summed E-state index contributed by atoms with van der Waals surface area (Å²) in [5.41, 5.74) is -0.372. The normalized spacial score (nSPS) is 18.0. The molecule has 0 heterocycles. The number of aliphatic hydroxyl groups excluding tert-OH is 2. The average Bonchev–Trinajstić information content (AvgIpc) is 2.01. The van der Waals surface area contributed by atoms with Gasteiger partial charge in [-0.1, -0.05) is 27.7 Å². The first-order valence-electron chi connectivity index (χ1n) is 4.32. The van der Waals surface area contributed by atoms with Gasteiger partial charge in [0.2, 0.25) is 0 Å². The summed E-state index contributed by atoms with van der Waals surface area (Å²) in [6.07, 6.45) is 0.587. The van der Waals surface area contributed by atoms with Crippen molar-refractivity contribution in [3.8, 4) is 0 Å². The van der Waals surface area contributed by atoms with Gasteiger partial charge in [-0.25, -0.2) is 0 Å². The average molecular weight is 160 g/mol. The van der Waals surface area contributed by atoms with Crippen LogP contribution in [0.25, 0.3) is 0 Å². The summed E-state index contributed by atoms with van der Waals surface area (Å²) in [7, 11) is 0. The Labute approximate surface area is 69.2 Å². The summed E-state index contributed by atoms with van der Waals surface area (Å²) in [5.74, 6) is 0. The Morgan fingerprint density at radius 1 is 1.00 bits per heavy atom. The smallest absolute Gasteiger partial charge is 0.0613 e. The maximum absolute atomic E-state index is 9.53.